The van der Waals surface area contributed by atoms with E-state index in [1.807, 2.05) is 0 Å². The summed E-state index contributed by atoms with van der Waals surface area (Å²) in [6, 6.07) is 5.23. The van der Waals surface area contributed by atoms with Crippen LogP contribution in [0.25, 0.3) is 5.69 Å². The average molecular weight is 347 g/mol. The molecule has 2 fully saturated rings. The second-order valence-electron chi connectivity index (χ2n) is 6.74. The van der Waals surface area contributed by atoms with Gasteiger partial charge in [-0.1, -0.05) is 0 Å². The maximum atomic E-state index is 13.0. The zero-order valence-electron chi connectivity index (χ0n) is 13.2. The maximum absolute atomic E-state index is 13.0. The van der Waals surface area contributed by atoms with Crippen molar-refractivity contribution in [2.45, 2.75) is 31.1 Å². The second-order valence-corrected chi connectivity index (χ2v) is 6.74. The predicted octanol–water partition coefficient (Wildman–Crippen LogP) is 0.577. The first-order valence-electron chi connectivity index (χ1n) is 8.15. The van der Waals surface area contributed by atoms with Crippen molar-refractivity contribution in [1.82, 2.24) is 15.1 Å². The van der Waals surface area contributed by atoms with Crippen molar-refractivity contribution in [1.29, 1.82) is 0 Å². The van der Waals surface area contributed by atoms with Crippen LogP contribution in [-0.4, -0.2) is 49.3 Å². The van der Waals surface area contributed by atoms with Gasteiger partial charge in [0.15, 0.2) is 11.4 Å². The van der Waals surface area contributed by atoms with Gasteiger partial charge >= 0.3 is 0 Å². The Bertz CT molecular complexity index is 805. The molecule has 0 aliphatic heterocycles. The minimum absolute atomic E-state index is 0.0179. The molecular weight excluding hydrogens is 329 g/mol. The number of hydrogen-bond donors (Lipinski definition) is 4. The number of hydrogen-bond acceptors (Lipinski definition) is 5. The number of carbonyl (C=O) groups is 1. The highest BCUT2D eigenvalue weighted by Gasteiger charge is 2.52. The lowest BCUT2D eigenvalue weighted by atomic mass is 9.90. The molecule has 4 N–H and O–H groups in total. The number of nitrogens with zero attached hydrogens (tertiary/aromatic N) is 2. The summed E-state index contributed by atoms with van der Waals surface area (Å²) in [5, 5.41) is 36.6. The van der Waals surface area contributed by atoms with Gasteiger partial charge in [-0.2, -0.15) is 5.10 Å². The molecule has 4 rings (SSSR count). The first kappa shape index (κ1) is 16.0. The Morgan fingerprint density at radius 2 is 1.92 bits per heavy atom. The van der Waals surface area contributed by atoms with Gasteiger partial charge in [0.25, 0.3) is 5.91 Å². The van der Waals surface area contributed by atoms with Gasteiger partial charge < -0.3 is 20.6 Å². The molecular formula is C17H18FN3O4. The molecule has 5 unspecified atom stereocenters. The van der Waals surface area contributed by atoms with Crippen LogP contribution in [0.3, 0.4) is 0 Å². The lowest BCUT2D eigenvalue weighted by molar-refractivity contribution is -0.0252. The number of nitrogens with one attached hydrogen (secondary N) is 1. The zero-order valence-corrected chi connectivity index (χ0v) is 13.2. The normalized spacial score (nSPS) is 30.6. The third-order valence-corrected chi connectivity index (χ3v) is 5.24. The molecule has 1 aromatic carbocycles. The van der Waals surface area contributed by atoms with Crippen LogP contribution in [0.15, 0.2) is 30.5 Å². The van der Waals surface area contributed by atoms with Crippen LogP contribution in [0, 0.1) is 17.7 Å². The van der Waals surface area contributed by atoms with Crippen LogP contribution in [0.5, 0.6) is 5.75 Å². The Balaban J connectivity index is 1.51. The maximum Gasteiger partial charge on any atom is 0.275 e. The fourth-order valence-electron chi connectivity index (χ4n) is 3.95. The van der Waals surface area contributed by atoms with Crippen molar-refractivity contribution in [2.75, 3.05) is 0 Å². The van der Waals surface area contributed by atoms with E-state index in [-0.39, 0.29) is 29.3 Å². The van der Waals surface area contributed by atoms with Crippen molar-refractivity contribution in [2.24, 2.45) is 11.8 Å². The largest absolute Gasteiger partial charge is 0.504 e. The molecule has 25 heavy (non-hydrogen) atoms. The molecule has 0 radical (unpaired) electrons. The number of benzene rings is 1. The molecule has 132 valence electrons. The highest BCUT2D eigenvalue weighted by Crippen LogP contribution is 2.45. The summed E-state index contributed by atoms with van der Waals surface area (Å²) in [6.07, 6.45) is 0.970. The number of aliphatic hydroxyl groups is 2. The van der Waals surface area contributed by atoms with Crippen molar-refractivity contribution in [3.63, 3.8) is 0 Å². The molecule has 2 saturated carbocycles. The average Bonchev–Trinajstić information content (AvgIpc) is 3.24. The summed E-state index contributed by atoms with van der Waals surface area (Å²) in [5.41, 5.74) is 0.372. The highest BCUT2D eigenvalue weighted by molar-refractivity contribution is 5.95. The summed E-state index contributed by atoms with van der Waals surface area (Å²) in [7, 11) is 0. The van der Waals surface area contributed by atoms with Gasteiger partial charge in [0.05, 0.1) is 24.1 Å². The molecule has 8 heteroatoms. The number of halogens is 1. The van der Waals surface area contributed by atoms with Gasteiger partial charge in [0.1, 0.15) is 5.82 Å². The Morgan fingerprint density at radius 3 is 2.56 bits per heavy atom. The van der Waals surface area contributed by atoms with Crippen molar-refractivity contribution >= 4 is 5.91 Å². The first-order chi connectivity index (χ1) is 11.9. The van der Waals surface area contributed by atoms with Gasteiger partial charge in [-0.25, -0.2) is 9.07 Å². The van der Waals surface area contributed by atoms with E-state index < -0.39 is 23.9 Å². The Kier molecular flexibility index (Phi) is 3.73. The number of rotatable bonds is 3. The van der Waals surface area contributed by atoms with Crippen molar-refractivity contribution in [3.05, 3.63) is 42.0 Å². The molecule has 2 aromatic rings. The van der Waals surface area contributed by atoms with Crippen LogP contribution in [-0.2, 0) is 0 Å². The highest BCUT2D eigenvalue weighted by atomic mass is 19.1. The van der Waals surface area contributed by atoms with E-state index in [9.17, 15) is 24.5 Å². The second kappa shape index (κ2) is 5.82. The van der Waals surface area contributed by atoms with Crippen molar-refractivity contribution < 1.29 is 24.5 Å². The molecule has 2 aliphatic rings. The van der Waals surface area contributed by atoms with Crippen LogP contribution in [0.1, 0.15) is 23.3 Å². The quantitative estimate of drug-likeness (QED) is 0.650. The third kappa shape index (κ3) is 2.67. The minimum atomic E-state index is -0.839. The summed E-state index contributed by atoms with van der Waals surface area (Å²) in [6.45, 7) is 0. The molecule has 2 aliphatic carbocycles. The van der Waals surface area contributed by atoms with Crippen LogP contribution >= 0.6 is 0 Å². The fourth-order valence-corrected chi connectivity index (χ4v) is 3.95. The third-order valence-electron chi connectivity index (χ3n) is 5.24. The molecule has 0 saturated heterocycles. The van der Waals surface area contributed by atoms with Crippen LogP contribution in [0.4, 0.5) is 4.39 Å². The lowest BCUT2D eigenvalue weighted by Gasteiger charge is -2.30. The SMILES string of the molecule is O=C(NC1CC2CC1C(O)C2O)c1nn(-c2ccc(F)cc2)cc1O. The van der Waals surface area contributed by atoms with E-state index in [2.05, 4.69) is 10.4 Å². The monoisotopic (exact) mass is 347 g/mol. The summed E-state index contributed by atoms with van der Waals surface area (Å²) in [5.74, 6) is -1.43. The van der Waals surface area contributed by atoms with Crippen LogP contribution < -0.4 is 5.32 Å². The van der Waals surface area contributed by atoms with E-state index in [1.54, 1.807) is 0 Å². The lowest BCUT2D eigenvalue weighted by Crippen LogP contribution is -2.47. The van der Waals surface area contributed by atoms with Gasteiger partial charge in [0.2, 0.25) is 0 Å². The topological polar surface area (TPSA) is 108 Å². The minimum Gasteiger partial charge on any atom is -0.504 e. The number of aliphatic hydroxyl groups excluding tert-OH is 2. The van der Waals surface area contributed by atoms with E-state index in [4.69, 9.17) is 0 Å². The Labute approximate surface area is 142 Å². The molecule has 5 atom stereocenters. The summed E-state index contributed by atoms with van der Waals surface area (Å²) >= 11 is 0. The molecule has 1 amide bonds. The molecule has 2 bridgehead atoms. The molecule has 1 aromatic heterocycles. The van der Waals surface area contributed by atoms with Gasteiger partial charge in [-0.3, -0.25) is 4.79 Å². The Morgan fingerprint density at radius 1 is 1.20 bits per heavy atom. The molecule has 0 spiro atoms. The number of carbonyl (C=O) groups excluding carboxylic acids is 1. The standard InChI is InChI=1S/C17H18FN3O4/c18-9-1-3-10(4-2-9)21-7-13(22)14(20-21)17(25)19-12-6-8-5-11(12)16(24)15(8)23/h1-4,7-8,11-12,15-16,22-24H,5-6H2,(H,19,25). The number of fused-ring (bicyclic) bond motifs is 2. The van der Waals surface area contributed by atoms with E-state index in [1.165, 1.54) is 35.1 Å². The summed E-state index contributed by atoms with van der Waals surface area (Å²) in [4.78, 5) is 12.4. The van der Waals surface area contributed by atoms with Gasteiger partial charge in [-0.05, 0) is 43.0 Å². The first-order valence-corrected chi connectivity index (χ1v) is 8.15. The predicted molar refractivity (Wildman–Crippen MR) is 84.7 cm³/mol. The van der Waals surface area contributed by atoms with E-state index in [0.29, 0.717) is 18.5 Å². The van der Waals surface area contributed by atoms with Gasteiger partial charge in [0, 0.05) is 12.0 Å². The van der Waals surface area contributed by atoms with E-state index in [0.717, 1.165) is 0 Å². The molecule has 1 heterocycles. The van der Waals surface area contributed by atoms with E-state index >= 15 is 0 Å². The number of amides is 1. The fraction of sp³-hybridized carbons (Fsp3) is 0.412. The van der Waals surface area contributed by atoms with Crippen molar-refractivity contribution in [3.8, 4) is 11.4 Å². The van der Waals surface area contributed by atoms with Crippen LogP contribution in [0.2, 0.25) is 0 Å². The smallest absolute Gasteiger partial charge is 0.275 e. The number of aromatic hydroxyl groups is 1. The van der Waals surface area contributed by atoms with Gasteiger partial charge in [-0.15, -0.1) is 0 Å². The summed E-state index contributed by atoms with van der Waals surface area (Å²) < 4.78 is 14.3. The molecule has 7 nitrogen and oxygen atoms in total. The Hall–Kier alpha value is -2.45. The zero-order chi connectivity index (χ0) is 17.7. The number of aromatic nitrogens is 2.